The zero-order valence-electron chi connectivity index (χ0n) is 8.20. The van der Waals surface area contributed by atoms with E-state index in [9.17, 15) is 9.90 Å². The van der Waals surface area contributed by atoms with E-state index in [-0.39, 0.29) is 56.9 Å². The van der Waals surface area contributed by atoms with Gasteiger partial charge in [0, 0.05) is 0 Å². The maximum absolute atomic E-state index is 10.4. The molecule has 0 spiro atoms. The van der Waals surface area contributed by atoms with Gasteiger partial charge >= 0.3 is 51.4 Å². The predicted octanol–water partition coefficient (Wildman–Crippen LogP) is -1.82. The van der Waals surface area contributed by atoms with Crippen molar-refractivity contribution in [2.75, 3.05) is 0 Å². The van der Waals surface area contributed by atoms with Crippen molar-refractivity contribution in [1.82, 2.24) is 0 Å². The molecule has 1 aromatic rings. The molecule has 0 unspecified atom stereocenters. The minimum absolute atomic E-state index is 0. The van der Waals surface area contributed by atoms with E-state index in [1.54, 1.807) is 12.1 Å². The van der Waals surface area contributed by atoms with Crippen LogP contribution in [0.15, 0.2) is 24.3 Å². The van der Waals surface area contributed by atoms with Gasteiger partial charge in [-0.1, -0.05) is 38.1 Å². The Morgan fingerprint density at radius 3 is 2.00 bits per heavy atom. The average Bonchev–Trinajstić information content (AvgIpc) is 2.04. The van der Waals surface area contributed by atoms with Crippen LogP contribution in [0.3, 0.4) is 0 Å². The molecular formula is C10H11KO2. The number of benzene rings is 1. The van der Waals surface area contributed by atoms with Gasteiger partial charge in [-0.2, -0.15) is 0 Å². The summed E-state index contributed by atoms with van der Waals surface area (Å²) in [5.41, 5.74) is 1.37. The first kappa shape index (κ1) is 13.3. The molecule has 0 N–H and O–H groups in total. The molecule has 3 heteroatoms. The van der Waals surface area contributed by atoms with Gasteiger partial charge < -0.3 is 9.90 Å². The molecule has 1 rings (SSSR count). The zero-order valence-corrected chi connectivity index (χ0v) is 11.3. The van der Waals surface area contributed by atoms with Crippen molar-refractivity contribution >= 4 is 5.97 Å². The Hall–Kier alpha value is 0.326. The molecule has 0 amide bonds. The van der Waals surface area contributed by atoms with Gasteiger partial charge in [-0.25, -0.2) is 0 Å². The molecule has 0 heterocycles. The molecule has 0 aliphatic carbocycles. The van der Waals surface area contributed by atoms with E-state index in [0.717, 1.165) is 5.56 Å². The average molecular weight is 202 g/mol. The van der Waals surface area contributed by atoms with Gasteiger partial charge in [0.15, 0.2) is 0 Å². The fourth-order valence-electron chi connectivity index (χ4n) is 1.00. The van der Waals surface area contributed by atoms with E-state index >= 15 is 0 Å². The number of rotatable bonds is 2. The van der Waals surface area contributed by atoms with Crippen molar-refractivity contribution in [2.24, 2.45) is 0 Å². The second kappa shape index (κ2) is 5.93. The Balaban J connectivity index is 0.00000144. The molecule has 0 saturated heterocycles. The van der Waals surface area contributed by atoms with E-state index in [0.29, 0.717) is 5.92 Å². The van der Waals surface area contributed by atoms with Crippen molar-refractivity contribution in [2.45, 2.75) is 19.8 Å². The molecule has 0 saturated carbocycles. The molecule has 0 aliphatic heterocycles. The summed E-state index contributed by atoms with van der Waals surface area (Å²) in [6.07, 6.45) is 0. The molecule has 0 atom stereocenters. The van der Waals surface area contributed by atoms with E-state index < -0.39 is 5.97 Å². The number of carboxylic acids is 1. The second-order valence-corrected chi connectivity index (χ2v) is 3.06. The fourth-order valence-corrected chi connectivity index (χ4v) is 1.00. The molecule has 0 fully saturated rings. The predicted molar refractivity (Wildman–Crippen MR) is 44.9 cm³/mol. The van der Waals surface area contributed by atoms with Crippen molar-refractivity contribution in [3.05, 3.63) is 35.4 Å². The van der Waals surface area contributed by atoms with Crippen LogP contribution in [0.25, 0.3) is 0 Å². The molecule has 1 aromatic carbocycles. The van der Waals surface area contributed by atoms with Crippen LogP contribution in [-0.2, 0) is 0 Å². The summed E-state index contributed by atoms with van der Waals surface area (Å²) >= 11 is 0. The van der Waals surface area contributed by atoms with E-state index in [2.05, 4.69) is 13.8 Å². The number of carbonyl (C=O) groups is 1. The van der Waals surface area contributed by atoms with Crippen LogP contribution in [0, 0.1) is 0 Å². The van der Waals surface area contributed by atoms with Gasteiger partial charge in [-0.3, -0.25) is 0 Å². The number of aromatic carboxylic acids is 1. The molecule has 0 aliphatic rings. The van der Waals surface area contributed by atoms with Crippen LogP contribution >= 0.6 is 0 Å². The SMILES string of the molecule is CC(C)c1ccc(C(=O)[O-])cc1.[K+]. The normalized spacial score (nSPS) is 9.46. The van der Waals surface area contributed by atoms with Crippen LogP contribution in [0.4, 0.5) is 0 Å². The van der Waals surface area contributed by atoms with E-state index in [1.807, 2.05) is 12.1 Å². The number of carbonyl (C=O) groups excluding carboxylic acids is 1. The van der Waals surface area contributed by atoms with Gasteiger partial charge in [-0.05, 0) is 17.0 Å². The van der Waals surface area contributed by atoms with Gasteiger partial charge in [0.1, 0.15) is 0 Å². The van der Waals surface area contributed by atoms with Gasteiger partial charge in [0.25, 0.3) is 0 Å². The third-order valence-corrected chi connectivity index (χ3v) is 1.81. The number of hydrogen-bond donors (Lipinski definition) is 0. The summed E-state index contributed by atoms with van der Waals surface area (Å²) in [7, 11) is 0. The Labute approximate surface area is 121 Å². The minimum Gasteiger partial charge on any atom is -0.545 e. The molecule has 13 heavy (non-hydrogen) atoms. The number of hydrogen-bond acceptors (Lipinski definition) is 2. The van der Waals surface area contributed by atoms with Gasteiger partial charge in [0.2, 0.25) is 0 Å². The molecular weight excluding hydrogens is 191 g/mol. The maximum Gasteiger partial charge on any atom is 1.00 e. The first-order valence-electron chi connectivity index (χ1n) is 3.92. The molecule has 2 nitrogen and oxygen atoms in total. The van der Waals surface area contributed by atoms with Crippen molar-refractivity contribution in [3.8, 4) is 0 Å². The van der Waals surface area contributed by atoms with E-state index in [1.165, 1.54) is 0 Å². The Morgan fingerprint density at radius 2 is 1.69 bits per heavy atom. The first-order valence-corrected chi connectivity index (χ1v) is 3.92. The van der Waals surface area contributed by atoms with Crippen LogP contribution in [0.5, 0.6) is 0 Å². The largest absolute Gasteiger partial charge is 1.00 e. The fraction of sp³-hybridized carbons (Fsp3) is 0.300. The summed E-state index contributed by atoms with van der Waals surface area (Å²) in [5.74, 6) is -0.689. The Kier molecular flexibility index (Phi) is 6.08. The summed E-state index contributed by atoms with van der Waals surface area (Å²) in [6.45, 7) is 4.13. The molecule has 0 radical (unpaired) electrons. The van der Waals surface area contributed by atoms with Crippen molar-refractivity contribution < 1.29 is 61.3 Å². The summed E-state index contributed by atoms with van der Waals surface area (Å²) in [6, 6.07) is 6.78. The smallest absolute Gasteiger partial charge is 0.545 e. The maximum atomic E-state index is 10.4. The topological polar surface area (TPSA) is 40.1 Å². The van der Waals surface area contributed by atoms with Crippen molar-refractivity contribution in [3.63, 3.8) is 0 Å². The van der Waals surface area contributed by atoms with Crippen LogP contribution in [-0.4, -0.2) is 5.97 Å². The molecule has 0 bridgehead atoms. The molecule has 64 valence electrons. The third kappa shape index (κ3) is 3.91. The van der Waals surface area contributed by atoms with Crippen molar-refractivity contribution in [1.29, 1.82) is 0 Å². The van der Waals surface area contributed by atoms with Crippen LogP contribution < -0.4 is 56.5 Å². The van der Waals surface area contributed by atoms with Crippen LogP contribution in [0.2, 0.25) is 0 Å². The Bertz CT molecular complexity index is 277. The summed E-state index contributed by atoms with van der Waals surface area (Å²) in [4.78, 5) is 10.4. The van der Waals surface area contributed by atoms with Crippen LogP contribution in [0.1, 0.15) is 35.7 Å². The molecule has 0 aromatic heterocycles. The summed E-state index contributed by atoms with van der Waals surface area (Å²) < 4.78 is 0. The monoisotopic (exact) mass is 202 g/mol. The zero-order chi connectivity index (χ0) is 9.14. The second-order valence-electron chi connectivity index (χ2n) is 3.06. The standard InChI is InChI=1S/C10H12O2.K/c1-7(2)8-3-5-9(6-4-8)10(11)12;/h3-7H,1-2H3,(H,11,12);/q;+1/p-1. The number of carboxylic acid groups (broad SMARTS) is 1. The van der Waals surface area contributed by atoms with Gasteiger partial charge in [-0.15, -0.1) is 0 Å². The first-order chi connectivity index (χ1) is 5.61. The van der Waals surface area contributed by atoms with Gasteiger partial charge in [0.05, 0.1) is 5.97 Å². The quantitative estimate of drug-likeness (QED) is 0.530. The third-order valence-electron chi connectivity index (χ3n) is 1.81. The van der Waals surface area contributed by atoms with E-state index in [4.69, 9.17) is 0 Å². The summed E-state index contributed by atoms with van der Waals surface area (Å²) in [5, 5.41) is 10.4. The minimum atomic E-state index is -1.12. The Morgan fingerprint density at radius 1 is 1.23 bits per heavy atom.